The second-order valence-electron chi connectivity index (χ2n) is 5.60. The number of benzene rings is 2. The standard InChI is InChI=1S/C18H17N5O3/c24-17(25)15-8-6-13(7-9-15)10-19-18(26)20-16-12-23(22-21-16)11-14-4-2-1-3-5-14/h1-9,12H,10-11H2,(H,24,25)(H2,19,20,26). The van der Waals surface area contributed by atoms with Gasteiger partial charge in [0.2, 0.25) is 0 Å². The highest BCUT2D eigenvalue weighted by Gasteiger charge is 2.07. The van der Waals surface area contributed by atoms with Gasteiger partial charge in [0.05, 0.1) is 18.3 Å². The van der Waals surface area contributed by atoms with Gasteiger partial charge in [-0.25, -0.2) is 14.3 Å². The number of rotatable bonds is 6. The Morgan fingerprint density at radius 2 is 1.73 bits per heavy atom. The SMILES string of the molecule is O=C(NCc1ccc(C(=O)O)cc1)Nc1cn(Cc2ccccc2)nn1. The van der Waals surface area contributed by atoms with E-state index in [1.165, 1.54) is 12.1 Å². The first-order valence-electron chi connectivity index (χ1n) is 7.91. The highest BCUT2D eigenvalue weighted by Crippen LogP contribution is 2.06. The predicted octanol–water partition coefficient (Wildman–Crippen LogP) is 2.35. The fourth-order valence-corrected chi connectivity index (χ4v) is 2.31. The Morgan fingerprint density at radius 3 is 2.42 bits per heavy atom. The molecule has 8 heteroatoms. The zero-order valence-electron chi connectivity index (χ0n) is 13.8. The molecule has 0 fully saturated rings. The van der Waals surface area contributed by atoms with Crippen LogP contribution in [0.1, 0.15) is 21.5 Å². The number of carbonyl (C=O) groups is 2. The molecule has 26 heavy (non-hydrogen) atoms. The van der Waals surface area contributed by atoms with Gasteiger partial charge in [-0.15, -0.1) is 5.10 Å². The molecule has 0 aliphatic rings. The van der Waals surface area contributed by atoms with E-state index in [-0.39, 0.29) is 12.1 Å². The minimum absolute atomic E-state index is 0.202. The number of aromatic carboxylic acids is 1. The monoisotopic (exact) mass is 351 g/mol. The van der Waals surface area contributed by atoms with Crippen molar-refractivity contribution in [2.75, 3.05) is 5.32 Å². The van der Waals surface area contributed by atoms with Gasteiger partial charge >= 0.3 is 12.0 Å². The number of amides is 2. The number of carbonyl (C=O) groups excluding carboxylic acids is 1. The van der Waals surface area contributed by atoms with E-state index in [9.17, 15) is 9.59 Å². The largest absolute Gasteiger partial charge is 0.478 e. The summed E-state index contributed by atoms with van der Waals surface area (Å²) in [6.45, 7) is 0.830. The van der Waals surface area contributed by atoms with Crippen molar-refractivity contribution in [2.45, 2.75) is 13.1 Å². The van der Waals surface area contributed by atoms with Crippen molar-refractivity contribution in [3.05, 3.63) is 77.5 Å². The van der Waals surface area contributed by atoms with Crippen LogP contribution in [0.3, 0.4) is 0 Å². The lowest BCUT2D eigenvalue weighted by Gasteiger charge is -2.05. The van der Waals surface area contributed by atoms with Gasteiger partial charge in [-0.2, -0.15) is 0 Å². The van der Waals surface area contributed by atoms with Gasteiger partial charge < -0.3 is 10.4 Å². The van der Waals surface area contributed by atoms with E-state index in [1.807, 2.05) is 30.3 Å². The van der Waals surface area contributed by atoms with Crippen LogP contribution >= 0.6 is 0 Å². The molecule has 8 nitrogen and oxygen atoms in total. The summed E-state index contributed by atoms with van der Waals surface area (Å²) in [6, 6.07) is 15.7. The molecule has 0 spiro atoms. The highest BCUT2D eigenvalue weighted by molar-refractivity contribution is 5.88. The summed E-state index contributed by atoms with van der Waals surface area (Å²) in [5, 5.41) is 22.0. The van der Waals surface area contributed by atoms with E-state index < -0.39 is 12.0 Å². The Labute approximate surface area is 149 Å². The van der Waals surface area contributed by atoms with Crippen molar-refractivity contribution in [2.24, 2.45) is 0 Å². The molecule has 0 bridgehead atoms. The second kappa shape index (κ2) is 7.93. The Hall–Kier alpha value is -3.68. The van der Waals surface area contributed by atoms with Gasteiger partial charge in [-0.05, 0) is 23.3 Å². The van der Waals surface area contributed by atoms with Crippen LogP contribution in [0.25, 0.3) is 0 Å². The van der Waals surface area contributed by atoms with Crippen LogP contribution in [0.15, 0.2) is 60.8 Å². The quantitative estimate of drug-likeness (QED) is 0.631. The smallest absolute Gasteiger partial charge is 0.335 e. The topological polar surface area (TPSA) is 109 Å². The Morgan fingerprint density at radius 1 is 1.00 bits per heavy atom. The summed E-state index contributed by atoms with van der Waals surface area (Å²) < 4.78 is 1.63. The number of aromatic nitrogens is 3. The number of carboxylic acid groups (broad SMARTS) is 1. The fourth-order valence-electron chi connectivity index (χ4n) is 2.31. The molecule has 1 aromatic heterocycles. The first-order chi connectivity index (χ1) is 12.6. The lowest BCUT2D eigenvalue weighted by atomic mass is 10.1. The van der Waals surface area contributed by atoms with Crippen LogP contribution in [0.2, 0.25) is 0 Å². The average molecular weight is 351 g/mol. The zero-order chi connectivity index (χ0) is 18.4. The minimum atomic E-state index is -0.985. The molecule has 132 valence electrons. The Kier molecular flexibility index (Phi) is 5.23. The predicted molar refractivity (Wildman–Crippen MR) is 94.8 cm³/mol. The van der Waals surface area contributed by atoms with Crippen molar-refractivity contribution in [3.63, 3.8) is 0 Å². The fraction of sp³-hybridized carbons (Fsp3) is 0.111. The van der Waals surface area contributed by atoms with Gasteiger partial charge in [0.25, 0.3) is 0 Å². The normalized spacial score (nSPS) is 10.3. The summed E-state index contributed by atoms with van der Waals surface area (Å²) in [7, 11) is 0. The summed E-state index contributed by atoms with van der Waals surface area (Å²) in [5.41, 5.74) is 2.07. The molecule has 3 rings (SSSR count). The summed E-state index contributed by atoms with van der Waals surface area (Å²) in [4.78, 5) is 22.7. The average Bonchev–Trinajstić information content (AvgIpc) is 3.08. The van der Waals surface area contributed by atoms with E-state index in [1.54, 1.807) is 23.0 Å². The third kappa shape index (κ3) is 4.67. The molecule has 0 aliphatic carbocycles. The number of urea groups is 1. The van der Waals surface area contributed by atoms with Crippen LogP contribution in [-0.4, -0.2) is 32.1 Å². The Balaban J connectivity index is 1.50. The van der Waals surface area contributed by atoms with Gasteiger partial charge in [0, 0.05) is 6.54 Å². The van der Waals surface area contributed by atoms with Crippen LogP contribution in [0, 0.1) is 0 Å². The van der Waals surface area contributed by atoms with Crippen LogP contribution in [-0.2, 0) is 13.1 Å². The molecule has 2 aromatic carbocycles. The molecule has 0 saturated heterocycles. The highest BCUT2D eigenvalue weighted by atomic mass is 16.4. The summed E-state index contributed by atoms with van der Waals surface area (Å²) in [5.74, 6) is -0.638. The second-order valence-corrected chi connectivity index (χ2v) is 5.60. The molecule has 3 aromatic rings. The van der Waals surface area contributed by atoms with Crippen LogP contribution in [0.5, 0.6) is 0 Å². The van der Waals surface area contributed by atoms with E-state index in [2.05, 4.69) is 20.9 Å². The third-order valence-electron chi connectivity index (χ3n) is 3.62. The lowest BCUT2D eigenvalue weighted by Crippen LogP contribution is -2.28. The lowest BCUT2D eigenvalue weighted by molar-refractivity contribution is 0.0697. The number of nitrogens with zero attached hydrogens (tertiary/aromatic N) is 3. The van der Waals surface area contributed by atoms with Crippen molar-refractivity contribution in [1.29, 1.82) is 0 Å². The van der Waals surface area contributed by atoms with E-state index in [4.69, 9.17) is 5.11 Å². The number of hydrogen-bond acceptors (Lipinski definition) is 4. The van der Waals surface area contributed by atoms with Crippen molar-refractivity contribution in [3.8, 4) is 0 Å². The van der Waals surface area contributed by atoms with E-state index >= 15 is 0 Å². The minimum Gasteiger partial charge on any atom is -0.478 e. The Bertz CT molecular complexity index is 891. The summed E-state index contributed by atoms with van der Waals surface area (Å²) in [6.07, 6.45) is 1.65. The molecule has 0 atom stereocenters. The van der Waals surface area contributed by atoms with Gasteiger partial charge in [0.15, 0.2) is 5.82 Å². The van der Waals surface area contributed by atoms with Crippen LogP contribution < -0.4 is 10.6 Å². The van der Waals surface area contributed by atoms with Gasteiger partial charge in [-0.3, -0.25) is 5.32 Å². The molecule has 3 N–H and O–H groups in total. The third-order valence-corrected chi connectivity index (χ3v) is 3.62. The van der Waals surface area contributed by atoms with Crippen molar-refractivity contribution >= 4 is 17.8 Å². The molecule has 0 saturated carbocycles. The van der Waals surface area contributed by atoms with Crippen molar-refractivity contribution in [1.82, 2.24) is 20.3 Å². The molecular weight excluding hydrogens is 334 g/mol. The maximum Gasteiger partial charge on any atom is 0.335 e. The summed E-state index contributed by atoms with van der Waals surface area (Å²) >= 11 is 0. The van der Waals surface area contributed by atoms with E-state index in [0.29, 0.717) is 12.4 Å². The maximum atomic E-state index is 11.9. The molecule has 0 aliphatic heterocycles. The molecule has 0 unspecified atom stereocenters. The van der Waals surface area contributed by atoms with E-state index in [0.717, 1.165) is 11.1 Å². The molecule has 1 heterocycles. The molecule has 2 amide bonds. The number of hydrogen-bond donors (Lipinski definition) is 3. The van der Waals surface area contributed by atoms with Gasteiger partial charge in [0.1, 0.15) is 0 Å². The zero-order valence-corrected chi connectivity index (χ0v) is 13.8. The van der Waals surface area contributed by atoms with Crippen LogP contribution in [0.4, 0.5) is 10.6 Å². The van der Waals surface area contributed by atoms with Gasteiger partial charge in [-0.1, -0.05) is 47.7 Å². The molecule has 0 radical (unpaired) electrons. The van der Waals surface area contributed by atoms with Crippen molar-refractivity contribution < 1.29 is 14.7 Å². The number of nitrogens with one attached hydrogen (secondary N) is 2. The molecular formula is C18H17N5O3. The first kappa shape index (κ1) is 17.2. The number of carboxylic acids is 1. The first-order valence-corrected chi connectivity index (χ1v) is 7.91. The number of anilines is 1. The maximum absolute atomic E-state index is 11.9.